The molecule has 1 amide bonds. The number of nitrogens with zero attached hydrogens (tertiary/aromatic N) is 1. The molecule has 6 heteroatoms. The normalized spacial score (nSPS) is 12.2. The van der Waals surface area contributed by atoms with Gasteiger partial charge in [0.2, 0.25) is 5.89 Å². The van der Waals surface area contributed by atoms with E-state index in [-0.39, 0.29) is 11.6 Å². The van der Waals surface area contributed by atoms with Crippen LogP contribution >= 0.6 is 0 Å². The highest BCUT2D eigenvalue weighted by molar-refractivity contribution is 5.96. The van der Waals surface area contributed by atoms with Gasteiger partial charge in [0.05, 0.1) is 0 Å². The van der Waals surface area contributed by atoms with Crippen molar-refractivity contribution in [3.05, 3.63) is 41.8 Å². The van der Waals surface area contributed by atoms with E-state index in [0.29, 0.717) is 18.1 Å². The lowest BCUT2D eigenvalue weighted by Crippen LogP contribution is -2.42. The fraction of sp³-hybridized carbons (Fsp3) is 0.353. The highest BCUT2D eigenvalue weighted by atomic mass is 16.4. The van der Waals surface area contributed by atoms with Gasteiger partial charge in [-0.2, -0.15) is 0 Å². The number of carboxylic acids is 1. The van der Waals surface area contributed by atoms with Crippen LogP contribution in [0.5, 0.6) is 0 Å². The smallest absolute Gasteiger partial charge is 0.326 e. The second-order valence-electron chi connectivity index (χ2n) is 5.78. The summed E-state index contributed by atoms with van der Waals surface area (Å²) in [4.78, 5) is 27.8. The van der Waals surface area contributed by atoms with Crippen LogP contribution in [0.4, 0.5) is 0 Å². The first-order valence-corrected chi connectivity index (χ1v) is 7.45. The Kier molecular flexibility index (Phi) is 5.16. The number of benzene rings is 1. The monoisotopic (exact) mass is 316 g/mol. The number of carbonyl (C=O) groups is 2. The van der Waals surface area contributed by atoms with Gasteiger partial charge in [-0.05, 0) is 31.4 Å². The van der Waals surface area contributed by atoms with E-state index in [1.165, 1.54) is 0 Å². The zero-order chi connectivity index (χ0) is 17.0. The molecule has 2 aromatic rings. The van der Waals surface area contributed by atoms with Gasteiger partial charge < -0.3 is 14.8 Å². The van der Waals surface area contributed by atoms with E-state index < -0.39 is 17.9 Å². The van der Waals surface area contributed by atoms with Gasteiger partial charge in [-0.1, -0.05) is 32.0 Å². The van der Waals surface area contributed by atoms with Gasteiger partial charge in [0.25, 0.3) is 5.91 Å². The molecule has 0 saturated heterocycles. The van der Waals surface area contributed by atoms with E-state index in [4.69, 9.17) is 4.42 Å². The standard InChI is InChI=1S/C17H20N2O4/c1-10(2)9-13(17(21)22)18-15(20)14-11(3)23-16(19-14)12-7-5-4-6-8-12/h4-8,10,13H,9H2,1-3H3,(H,18,20)(H,21,22)/t13-/m0/s1. The summed E-state index contributed by atoms with van der Waals surface area (Å²) in [5.74, 6) is -0.758. The van der Waals surface area contributed by atoms with Crippen LogP contribution in [0, 0.1) is 12.8 Å². The lowest BCUT2D eigenvalue weighted by atomic mass is 10.0. The molecule has 0 spiro atoms. The van der Waals surface area contributed by atoms with E-state index in [0.717, 1.165) is 5.56 Å². The van der Waals surface area contributed by atoms with Crippen molar-refractivity contribution >= 4 is 11.9 Å². The molecule has 1 aromatic heterocycles. The summed E-state index contributed by atoms with van der Waals surface area (Å²) < 4.78 is 5.53. The van der Waals surface area contributed by atoms with Crippen LogP contribution in [0.1, 0.15) is 36.5 Å². The number of rotatable bonds is 6. The predicted octanol–water partition coefficient (Wildman–Crippen LogP) is 2.88. The van der Waals surface area contributed by atoms with Crippen molar-refractivity contribution in [2.75, 3.05) is 0 Å². The molecule has 2 rings (SSSR count). The molecule has 122 valence electrons. The minimum Gasteiger partial charge on any atom is -0.480 e. The number of oxazole rings is 1. The van der Waals surface area contributed by atoms with Crippen molar-refractivity contribution in [1.82, 2.24) is 10.3 Å². The Bertz CT molecular complexity index is 692. The fourth-order valence-corrected chi connectivity index (χ4v) is 2.23. The van der Waals surface area contributed by atoms with Gasteiger partial charge in [0.1, 0.15) is 11.8 Å². The number of amides is 1. The maximum absolute atomic E-state index is 12.3. The minimum atomic E-state index is -1.06. The highest BCUT2D eigenvalue weighted by Crippen LogP contribution is 2.21. The number of hydrogen-bond donors (Lipinski definition) is 2. The summed E-state index contributed by atoms with van der Waals surface area (Å²) in [6.07, 6.45) is 0.351. The molecule has 0 radical (unpaired) electrons. The third-order valence-corrected chi connectivity index (χ3v) is 3.34. The van der Waals surface area contributed by atoms with Gasteiger partial charge >= 0.3 is 5.97 Å². The molecule has 0 saturated carbocycles. The molecule has 0 fully saturated rings. The second kappa shape index (κ2) is 7.09. The van der Waals surface area contributed by atoms with Gasteiger partial charge in [0.15, 0.2) is 5.69 Å². The van der Waals surface area contributed by atoms with Crippen LogP contribution in [-0.2, 0) is 4.79 Å². The largest absolute Gasteiger partial charge is 0.480 e. The first kappa shape index (κ1) is 16.7. The topological polar surface area (TPSA) is 92.4 Å². The SMILES string of the molecule is Cc1oc(-c2ccccc2)nc1C(=O)N[C@@H](CC(C)C)C(=O)O. The molecule has 1 atom stereocenters. The van der Waals surface area contributed by atoms with E-state index in [2.05, 4.69) is 10.3 Å². The number of aryl methyl sites for hydroxylation is 1. The third kappa shape index (κ3) is 4.18. The van der Waals surface area contributed by atoms with E-state index in [9.17, 15) is 14.7 Å². The predicted molar refractivity (Wildman–Crippen MR) is 85.0 cm³/mol. The van der Waals surface area contributed by atoms with E-state index in [1.54, 1.807) is 6.92 Å². The molecule has 0 aliphatic carbocycles. The highest BCUT2D eigenvalue weighted by Gasteiger charge is 2.25. The van der Waals surface area contributed by atoms with Crippen molar-refractivity contribution in [3.8, 4) is 11.5 Å². The lowest BCUT2D eigenvalue weighted by molar-refractivity contribution is -0.139. The quantitative estimate of drug-likeness (QED) is 0.855. The zero-order valence-electron chi connectivity index (χ0n) is 13.4. The molecular weight excluding hydrogens is 296 g/mol. The van der Waals surface area contributed by atoms with Gasteiger partial charge in [-0.15, -0.1) is 0 Å². The number of carboxylic acid groups (broad SMARTS) is 1. The molecule has 6 nitrogen and oxygen atoms in total. The molecule has 0 bridgehead atoms. The number of carbonyl (C=O) groups excluding carboxylic acids is 1. The maximum Gasteiger partial charge on any atom is 0.326 e. The zero-order valence-corrected chi connectivity index (χ0v) is 13.4. The average molecular weight is 316 g/mol. The summed E-state index contributed by atoms with van der Waals surface area (Å²) in [5.41, 5.74) is 0.866. The molecule has 2 N–H and O–H groups in total. The Hall–Kier alpha value is -2.63. The molecule has 0 aliphatic heterocycles. The fourth-order valence-electron chi connectivity index (χ4n) is 2.23. The van der Waals surface area contributed by atoms with Crippen LogP contribution in [0.25, 0.3) is 11.5 Å². The minimum absolute atomic E-state index is 0.110. The summed E-state index contributed by atoms with van der Waals surface area (Å²) in [7, 11) is 0. The maximum atomic E-state index is 12.3. The van der Waals surface area contributed by atoms with E-state index >= 15 is 0 Å². The number of aromatic nitrogens is 1. The molecule has 1 aromatic carbocycles. The molecule has 0 unspecified atom stereocenters. The number of hydrogen-bond acceptors (Lipinski definition) is 4. The lowest BCUT2D eigenvalue weighted by Gasteiger charge is -2.15. The van der Waals surface area contributed by atoms with Crippen LogP contribution in [0.15, 0.2) is 34.7 Å². The van der Waals surface area contributed by atoms with Gasteiger partial charge in [-0.3, -0.25) is 4.79 Å². The summed E-state index contributed by atoms with van der Waals surface area (Å²) >= 11 is 0. The summed E-state index contributed by atoms with van der Waals surface area (Å²) in [6.45, 7) is 5.43. The van der Waals surface area contributed by atoms with Crippen molar-refractivity contribution in [2.45, 2.75) is 33.2 Å². The number of nitrogens with one attached hydrogen (secondary N) is 1. The Morgan fingerprint density at radius 2 is 1.91 bits per heavy atom. The van der Waals surface area contributed by atoms with Crippen molar-refractivity contribution in [2.24, 2.45) is 5.92 Å². The van der Waals surface area contributed by atoms with Crippen LogP contribution < -0.4 is 5.32 Å². The molecule has 1 heterocycles. The Morgan fingerprint density at radius 3 is 2.48 bits per heavy atom. The van der Waals surface area contributed by atoms with Crippen LogP contribution in [0.2, 0.25) is 0 Å². The second-order valence-corrected chi connectivity index (χ2v) is 5.78. The third-order valence-electron chi connectivity index (χ3n) is 3.34. The van der Waals surface area contributed by atoms with Crippen LogP contribution in [-0.4, -0.2) is 28.0 Å². The van der Waals surface area contributed by atoms with Gasteiger partial charge in [0, 0.05) is 5.56 Å². The summed E-state index contributed by atoms with van der Waals surface area (Å²) in [6, 6.07) is 8.27. The summed E-state index contributed by atoms with van der Waals surface area (Å²) in [5, 5.41) is 11.7. The molecule has 0 aliphatic rings. The van der Waals surface area contributed by atoms with Crippen LogP contribution in [0.3, 0.4) is 0 Å². The van der Waals surface area contributed by atoms with Crippen molar-refractivity contribution < 1.29 is 19.1 Å². The first-order valence-electron chi connectivity index (χ1n) is 7.45. The van der Waals surface area contributed by atoms with E-state index in [1.807, 2.05) is 44.2 Å². The Balaban J connectivity index is 2.19. The Labute approximate surface area is 134 Å². The van der Waals surface area contributed by atoms with Crippen molar-refractivity contribution in [3.63, 3.8) is 0 Å². The molecule has 23 heavy (non-hydrogen) atoms. The van der Waals surface area contributed by atoms with Crippen molar-refractivity contribution in [1.29, 1.82) is 0 Å². The van der Waals surface area contributed by atoms with Gasteiger partial charge in [-0.25, -0.2) is 9.78 Å². The average Bonchev–Trinajstić information content (AvgIpc) is 2.89. The number of aliphatic carboxylic acids is 1. The molecular formula is C17H20N2O4. The first-order chi connectivity index (χ1) is 10.9. The Morgan fingerprint density at radius 1 is 1.26 bits per heavy atom.